The number of methoxy groups -OCH3 is 2. The SMILES string of the molecule is COc1ccc(OC)c(CCC(=O)N(Cc2cccs2)Cc2cccs2)c1. The summed E-state index contributed by atoms with van der Waals surface area (Å²) in [6.45, 7) is 1.29. The van der Waals surface area contributed by atoms with E-state index in [1.165, 1.54) is 9.75 Å². The van der Waals surface area contributed by atoms with E-state index >= 15 is 0 Å². The molecule has 3 aromatic rings. The molecule has 0 aliphatic heterocycles. The molecule has 0 fully saturated rings. The second-order valence-electron chi connectivity index (χ2n) is 6.09. The van der Waals surface area contributed by atoms with E-state index < -0.39 is 0 Å². The number of amides is 1. The fraction of sp³-hybridized carbons (Fsp3) is 0.286. The van der Waals surface area contributed by atoms with Gasteiger partial charge in [-0.25, -0.2) is 0 Å². The third-order valence-electron chi connectivity index (χ3n) is 4.30. The number of hydrogen-bond acceptors (Lipinski definition) is 5. The number of carbonyl (C=O) groups excluding carboxylic acids is 1. The van der Waals surface area contributed by atoms with Gasteiger partial charge in [-0.3, -0.25) is 4.79 Å². The maximum Gasteiger partial charge on any atom is 0.223 e. The molecule has 0 unspecified atom stereocenters. The van der Waals surface area contributed by atoms with Crippen LogP contribution in [-0.4, -0.2) is 25.0 Å². The average Bonchev–Trinajstić information content (AvgIpc) is 3.39. The van der Waals surface area contributed by atoms with Crippen molar-refractivity contribution < 1.29 is 14.3 Å². The van der Waals surface area contributed by atoms with E-state index in [1.807, 2.05) is 46.0 Å². The normalized spacial score (nSPS) is 10.6. The monoisotopic (exact) mass is 401 g/mol. The maximum absolute atomic E-state index is 13.0. The minimum Gasteiger partial charge on any atom is -0.497 e. The Labute approximate surface area is 168 Å². The largest absolute Gasteiger partial charge is 0.497 e. The molecule has 2 aromatic heterocycles. The van der Waals surface area contributed by atoms with Crippen molar-refractivity contribution in [3.8, 4) is 11.5 Å². The number of thiophene rings is 2. The third-order valence-corrected chi connectivity index (χ3v) is 6.02. The van der Waals surface area contributed by atoms with E-state index in [9.17, 15) is 4.79 Å². The molecule has 1 amide bonds. The highest BCUT2D eigenvalue weighted by Crippen LogP contribution is 2.26. The summed E-state index contributed by atoms with van der Waals surface area (Å²) in [4.78, 5) is 17.3. The molecule has 0 aliphatic carbocycles. The molecular formula is C21H23NO3S2. The second-order valence-corrected chi connectivity index (χ2v) is 8.15. The second kappa shape index (κ2) is 9.58. The molecule has 0 aliphatic rings. The van der Waals surface area contributed by atoms with Crippen LogP contribution in [0.4, 0.5) is 0 Å². The Morgan fingerprint density at radius 2 is 1.63 bits per heavy atom. The summed E-state index contributed by atoms with van der Waals surface area (Å²) in [5.74, 6) is 1.70. The molecule has 0 saturated carbocycles. The lowest BCUT2D eigenvalue weighted by Crippen LogP contribution is -2.29. The van der Waals surface area contributed by atoms with Crippen LogP contribution in [-0.2, 0) is 24.3 Å². The van der Waals surface area contributed by atoms with Gasteiger partial charge in [0, 0.05) is 16.2 Å². The Bertz CT molecular complexity index is 808. The van der Waals surface area contributed by atoms with Crippen LogP contribution >= 0.6 is 22.7 Å². The van der Waals surface area contributed by atoms with Gasteiger partial charge in [-0.15, -0.1) is 22.7 Å². The number of rotatable bonds is 9. The van der Waals surface area contributed by atoms with Gasteiger partial charge in [-0.1, -0.05) is 12.1 Å². The fourth-order valence-electron chi connectivity index (χ4n) is 2.89. The molecule has 4 nitrogen and oxygen atoms in total. The molecule has 0 spiro atoms. The first-order chi connectivity index (χ1) is 13.2. The van der Waals surface area contributed by atoms with Gasteiger partial charge < -0.3 is 14.4 Å². The Hall–Kier alpha value is -2.31. The predicted molar refractivity (Wildman–Crippen MR) is 111 cm³/mol. The summed E-state index contributed by atoms with van der Waals surface area (Å²) in [5.41, 5.74) is 0.984. The summed E-state index contributed by atoms with van der Waals surface area (Å²) < 4.78 is 10.7. The number of benzene rings is 1. The Morgan fingerprint density at radius 3 is 2.15 bits per heavy atom. The molecule has 0 saturated heterocycles. The number of hydrogen-bond donors (Lipinski definition) is 0. The van der Waals surface area contributed by atoms with Gasteiger partial charge in [0.2, 0.25) is 5.91 Å². The van der Waals surface area contributed by atoms with Crippen LogP contribution in [0.1, 0.15) is 21.7 Å². The van der Waals surface area contributed by atoms with Crippen molar-refractivity contribution in [2.45, 2.75) is 25.9 Å². The molecular weight excluding hydrogens is 378 g/mol. The minimum absolute atomic E-state index is 0.140. The van der Waals surface area contributed by atoms with Gasteiger partial charge in [0.25, 0.3) is 0 Å². The summed E-state index contributed by atoms with van der Waals surface area (Å²) in [6, 6.07) is 13.9. The van der Waals surface area contributed by atoms with Crippen molar-refractivity contribution in [3.05, 3.63) is 68.5 Å². The standard InChI is InChI=1S/C21H23NO3S2/c1-24-17-8-9-20(25-2)16(13-17)7-10-21(23)22(14-18-5-3-11-26-18)15-19-6-4-12-27-19/h3-6,8-9,11-13H,7,10,14-15H2,1-2H3. The van der Waals surface area contributed by atoms with Crippen molar-refractivity contribution in [2.24, 2.45) is 0 Å². The van der Waals surface area contributed by atoms with Crippen LogP contribution in [0.25, 0.3) is 0 Å². The molecule has 27 heavy (non-hydrogen) atoms. The summed E-state index contributed by atoms with van der Waals surface area (Å²) in [7, 11) is 3.29. The molecule has 3 rings (SSSR count). The number of nitrogens with zero attached hydrogens (tertiary/aromatic N) is 1. The van der Waals surface area contributed by atoms with Crippen molar-refractivity contribution in [1.29, 1.82) is 0 Å². The zero-order valence-corrected chi connectivity index (χ0v) is 17.1. The Balaban J connectivity index is 1.70. The first kappa shape index (κ1) is 19.5. The van der Waals surface area contributed by atoms with Crippen molar-refractivity contribution in [1.82, 2.24) is 4.90 Å². The van der Waals surface area contributed by atoms with Crippen molar-refractivity contribution >= 4 is 28.6 Å². The lowest BCUT2D eigenvalue weighted by atomic mass is 10.1. The molecule has 0 atom stereocenters. The topological polar surface area (TPSA) is 38.8 Å². The average molecular weight is 402 g/mol. The maximum atomic E-state index is 13.0. The van der Waals surface area contributed by atoms with E-state index in [-0.39, 0.29) is 5.91 Å². The predicted octanol–water partition coefficient (Wildman–Crippen LogP) is 4.99. The van der Waals surface area contributed by atoms with E-state index in [2.05, 4.69) is 12.1 Å². The quantitative estimate of drug-likeness (QED) is 0.507. The van der Waals surface area contributed by atoms with Crippen LogP contribution in [0.2, 0.25) is 0 Å². The highest BCUT2D eigenvalue weighted by molar-refractivity contribution is 7.10. The molecule has 0 radical (unpaired) electrons. The number of aryl methyl sites for hydroxylation is 1. The number of ether oxygens (including phenoxy) is 2. The Kier molecular flexibility index (Phi) is 6.90. The summed E-state index contributed by atoms with van der Waals surface area (Å²) >= 11 is 3.36. The zero-order valence-electron chi connectivity index (χ0n) is 15.5. The van der Waals surface area contributed by atoms with Crippen LogP contribution in [0, 0.1) is 0 Å². The molecule has 142 valence electrons. The molecule has 0 bridgehead atoms. The van der Waals surface area contributed by atoms with Gasteiger partial charge in [-0.05, 0) is 53.1 Å². The van der Waals surface area contributed by atoms with E-state index in [1.54, 1.807) is 36.9 Å². The van der Waals surface area contributed by atoms with Crippen molar-refractivity contribution in [3.63, 3.8) is 0 Å². The van der Waals surface area contributed by atoms with Crippen LogP contribution < -0.4 is 9.47 Å². The van der Waals surface area contributed by atoms with Gasteiger partial charge in [-0.2, -0.15) is 0 Å². The zero-order chi connectivity index (χ0) is 19.1. The van der Waals surface area contributed by atoms with Gasteiger partial charge in [0.15, 0.2) is 0 Å². The lowest BCUT2D eigenvalue weighted by molar-refractivity contribution is -0.132. The first-order valence-corrected chi connectivity index (χ1v) is 10.5. The van der Waals surface area contributed by atoms with Crippen LogP contribution in [0.15, 0.2) is 53.2 Å². The van der Waals surface area contributed by atoms with Gasteiger partial charge in [0.05, 0.1) is 27.3 Å². The number of carbonyl (C=O) groups is 1. The molecule has 2 heterocycles. The van der Waals surface area contributed by atoms with Crippen LogP contribution in [0.3, 0.4) is 0 Å². The fourth-order valence-corrected chi connectivity index (χ4v) is 4.33. The van der Waals surface area contributed by atoms with Crippen molar-refractivity contribution in [2.75, 3.05) is 14.2 Å². The molecule has 0 N–H and O–H groups in total. The van der Waals surface area contributed by atoms with E-state index in [4.69, 9.17) is 9.47 Å². The van der Waals surface area contributed by atoms with Gasteiger partial charge in [0.1, 0.15) is 11.5 Å². The minimum atomic E-state index is 0.140. The van der Waals surface area contributed by atoms with Crippen LogP contribution in [0.5, 0.6) is 11.5 Å². The Morgan fingerprint density at radius 1 is 0.963 bits per heavy atom. The van der Waals surface area contributed by atoms with E-state index in [0.717, 1.165) is 17.1 Å². The first-order valence-electron chi connectivity index (χ1n) is 8.73. The highest BCUT2D eigenvalue weighted by atomic mass is 32.1. The highest BCUT2D eigenvalue weighted by Gasteiger charge is 2.17. The van der Waals surface area contributed by atoms with E-state index in [0.29, 0.717) is 25.9 Å². The molecule has 6 heteroatoms. The lowest BCUT2D eigenvalue weighted by Gasteiger charge is -2.22. The summed E-state index contributed by atoms with van der Waals surface area (Å²) in [6.07, 6.45) is 1.05. The summed E-state index contributed by atoms with van der Waals surface area (Å²) in [5, 5.41) is 4.09. The molecule has 1 aromatic carbocycles. The van der Waals surface area contributed by atoms with Gasteiger partial charge >= 0.3 is 0 Å². The third kappa shape index (κ3) is 5.34. The smallest absolute Gasteiger partial charge is 0.223 e.